The van der Waals surface area contributed by atoms with Crippen molar-refractivity contribution in [2.45, 2.75) is 19.3 Å². The van der Waals surface area contributed by atoms with Gasteiger partial charge >= 0.3 is 5.97 Å². The van der Waals surface area contributed by atoms with Gasteiger partial charge in [-0.25, -0.2) is 0 Å². The van der Waals surface area contributed by atoms with Crippen LogP contribution in [0.15, 0.2) is 0 Å². The maximum Gasteiger partial charge on any atom is 0.313 e. The normalized spacial score (nSPS) is 21.4. The fraction of sp³-hybridized carbons (Fsp3) is 0.857. The molecule has 0 spiro atoms. The van der Waals surface area contributed by atoms with Crippen LogP contribution >= 0.6 is 0 Å². The molecule has 1 fully saturated rings. The van der Waals surface area contributed by atoms with E-state index < -0.39 is 5.41 Å². The molecule has 1 saturated carbocycles. The molecular formula is C7H12NO2. The highest BCUT2D eigenvalue weighted by Gasteiger charge is 2.44. The number of esters is 1. The van der Waals surface area contributed by atoms with E-state index in [-0.39, 0.29) is 12.5 Å². The lowest BCUT2D eigenvalue weighted by Gasteiger charge is -2.37. The number of rotatable bonds is 2. The van der Waals surface area contributed by atoms with Gasteiger partial charge in [-0.15, -0.1) is 0 Å². The Hall–Kier alpha value is -0.570. The van der Waals surface area contributed by atoms with Crippen molar-refractivity contribution < 1.29 is 9.53 Å². The van der Waals surface area contributed by atoms with E-state index in [9.17, 15) is 4.79 Å². The van der Waals surface area contributed by atoms with Crippen LogP contribution in [0.3, 0.4) is 0 Å². The van der Waals surface area contributed by atoms with Gasteiger partial charge in [0.15, 0.2) is 0 Å². The van der Waals surface area contributed by atoms with Crippen LogP contribution in [0.2, 0.25) is 0 Å². The second-order valence-electron chi connectivity index (χ2n) is 2.80. The molecule has 0 aliphatic heterocycles. The number of hydrogen-bond acceptors (Lipinski definition) is 2. The molecule has 0 saturated heterocycles. The van der Waals surface area contributed by atoms with Crippen LogP contribution in [-0.4, -0.2) is 19.6 Å². The molecule has 0 aromatic heterocycles. The number of hydrogen-bond donors (Lipinski definition) is 0. The largest absolute Gasteiger partial charge is 0.469 e. The van der Waals surface area contributed by atoms with Gasteiger partial charge in [-0.3, -0.25) is 10.5 Å². The predicted octanol–water partition coefficient (Wildman–Crippen LogP) is 0.613. The summed E-state index contributed by atoms with van der Waals surface area (Å²) in [5, 5.41) is 0. The van der Waals surface area contributed by atoms with Crippen LogP contribution in [0.25, 0.3) is 0 Å². The van der Waals surface area contributed by atoms with Gasteiger partial charge in [0.1, 0.15) is 0 Å². The summed E-state index contributed by atoms with van der Waals surface area (Å²) in [4.78, 5) is 11.0. The molecule has 0 heterocycles. The summed E-state index contributed by atoms with van der Waals surface area (Å²) in [5.74, 6) is -0.200. The first-order chi connectivity index (χ1) is 4.75. The van der Waals surface area contributed by atoms with Crippen LogP contribution in [0, 0.1) is 5.41 Å². The molecule has 0 unspecified atom stereocenters. The van der Waals surface area contributed by atoms with Gasteiger partial charge in [0.2, 0.25) is 0 Å². The van der Waals surface area contributed by atoms with Crippen molar-refractivity contribution in [3.8, 4) is 0 Å². The topological polar surface area (TPSA) is 50.1 Å². The first-order valence-corrected chi connectivity index (χ1v) is 3.48. The molecule has 0 bridgehead atoms. The zero-order valence-corrected chi connectivity index (χ0v) is 6.14. The first-order valence-electron chi connectivity index (χ1n) is 3.48. The molecule has 1 N–H and O–H groups in total. The Morgan fingerprint density at radius 2 is 2.30 bits per heavy atom. The first kappa shape index (κ1) is 7.54. The van der Waals surface area contributed by atoms with Gasteiger partial charge in [0.25, 0.3) is 0 Å². The van der Waals surface area contributed by atoms with E-state index in [1.165, 1.54) is 7.11 Å². The molecule has 10 heavy (non-hydrogen) atoms. The van der Waals surface area contributed by atoms with E-state index in [2.05, 4.69) is 4.74 Å². The SMILES string of the molecule is COC(=O)C1(C[NH])CCC1. The number of carbonyl (C=O) groups is 1. The molecule has 1 aliphatic carbocycles. The van der Waals surface area contributed by atoms with Crippen LogP contribution in [0.5, 0.6) is 0 Å². The molecule has 57 valence electrons. The van der Waals surface area contributed by atoms with Crippen LogP contribution in [-0.2, 0) is 9.53 Å². The standard InChI is InChI=1S/C7H12NO2/c1-10-6(9)7(5-8)3-2-4-7/h8H,2-5H2,1H3. The second-order valence-corrected chi connectivity index (χ2v) is 2.80. The third kappa shape index (κ3) is 0.904. The highest BCUT2D eigenvalue weighted by Crippen LogP contribution is 2.40. The highest BCUT2D eigenvalue weighted by atomic mass is 16.5. The van der Waals surface area contributed by atoms with Crippen molar-refractivity contribution in [3.05, 3.63) is 0 Å². The average Bonchev–Trinajstić information content (AvgIpc) is 1.86. The molecule has 0 amide bonds. The summed E-state index contributed by atoms with van der Waals surface area (Å²) in [6, 6.07) is 0. The maximum absolute atomic E-state index is 11.0. The lowest BCUT2D eigenvalue weighted by Crippen LogP contribution is -2.42. The fourth-order valence-corrected chi connectivity index (χ4v) is 1.27. The maximum atomic E-state index is 11.0. The highest BCUT2D eigenvalue weighted by molar-refractivity contribution is 5.78. The smallest absolute Gasteiger partial charge is 0.313 e. The van der Waals surface area contributed by atoms with Crippen molar-refractivity contribution in [1.82, 2.24) is 5.73 Å². The second kappa shape index (κ2) is 2.58. The summed E-state index contributed by atoms with van der Waals surface area (Å²) in [5.41, 5.74) is 6.72. The third-order valence-corrected chi connectivity index (χ3v) is 2.27. The van der Waals surface area contributed by atoms with Crippen LogP contribution < -0.4 is 5.73 Å². The number of nitrogens with one attached hydrogen (secondary N) is 1. The number of carbonyl (C=O) groups excluding carboxylic acids is 1. The summed E-state index contributed by atoms with van der Waals surface area (Å²) < 4.78 is 4.59. The van der Waals surface area contributed by atoms with E-state index in [4.69, 9.17) is 5.73 Å². The minimum atomic E-state index is -0.422. The molecule has 3 heteroatoms. The summed E-state index contributed by atoms with van der Waals surface area (Å²) in [7, 11) is 1.39. The lowest BCUT2D eigenvalue weighted by molar-refractivity contribution is -0.157. The molecule has 1 rings (SSSR count). The van der Waals surface area contributed by atoms with Gasteiger partial charge in [0.05, 0.1) is 12.5 Å². The fourth-order valence-electron chi connectivity index (χ4n) is 1.27. The van der Waals surface area contributed by atoms with Crippen molar-refractivity contribution in [3.63, 3.8) is 0 Å². The Morgan fingerprint density at radius 1 is 1.70 bits per heavy atom. The van der Waals surface area contributed by atoms with E-state index in [0.717, 1.165) is 19.3 Å². The molecular weight excluding hydrogens is 130 g/mol. The molecule has 1 aliphatic rings. The zero-order valence-electron chi connectivity index (χ0n) is 6.14. The molecule has 3 nitrogen and oxygen atoms in total. The van der Waals surface area contributed by atoms with Crippen molar-refractivity contribution in [2.24, 2.45) is 5.41 Å². The van der Waals surface area contributed by atoms with Gasteiger partial charge in [-0.1, -0.05) is 6.42 Å². The van der Waals surface area contributed by atoms with Crippen LogP contribution in [0.1, 0.15) is 19.3 Å². The number of ether oxygens (including phenoxy) is 1. The van der Waals surface area contributed by atoms with Gasteiger partial charge < -0.3 is 4.74 Å². The summed E-state index contributed by atoms with van der Waals surface area (Å²) in [6.07, 6.45) is 2.74. The minimum Gasteiger partial charge on any atom is -0.469 e. The number of methoxy groups -OCH3 is 1. The zero-order chi connectivity index (χ0) is 7.61. The van der Waals surface area contributed by atoms with Crippen molar-refractivity contribution in [2.75, 3.05) is 13.7 Å². The monoisotopic (exact) mass is 142 g/mol. The van der Waals surface area contributed by atoms with Gasteiger partial charge in [-0.05, 0) is 12.8 Å². The lowest BCUT2D eigenvalue weighted by atomic mass is 9.69. The van der Waals surface area contributed by atoms with Crippen LogP contribution in [0.4, 0.5) is 0 Å². The quantitative estimate of drug-likeness (QED) is 0.530. The van der Waals surface area contributed by atoms with E-state index in [0.29, 0.717) is 0 Å². The van der Waals surface area contributed by atoms with Crippen molar-refractivity contribution in [1.29, 1.82) is 0 Å². The minimum absolute atomic E-state index is 0.180. The Kier molecular flexibility index (Phi) is 1.94. The molecule has 1 radical (unpaired) electrons. The Bertz CT molecular complexity index is 135. The molecule has 0 atom stereocenters. The van der Waals surface area contributed by atoms with E-state index >= 15 is 0 Å². The Labute approximate surface area is 60.5 Å². The summed E-state index contributed by atoms with van der Waals surface area (Å²) in [6.45, 7) is 0.180. The summed E-state index contributed by atoms with van der Waals surface area (Å²) >= 11 is 0. The van der Waals surface area contributed by atoms with Gasteiger partial charge in [-0.2, -0.15) is 0 Å². The van der Waals surface area contributed by atoms with Crippen molar-refractivity contribution >= 4 is 5.97 Å². The third-order valence-electron chi connectivity index (χ3n) is 2.27. The van der Waals surface area contributed by atoms with E-state index in [1.807, 2.05) is 0 Å². The van der Waals surface area contributed by atoms with E-state index in [1.54, 1.807) is 0 Å². The molecule has 0 aromatic carbocycles. The Balaban J connectivity index is 2.55. The average molecular weight is 142 g/mol. The van der Waals surface area contributed by atoms with Gasteiger partial charge in [0, 0.05) is 6.54 Å². The Morgan fingerprint density at radius 3 is 2.40 bits per heavy atom. The predicted molar refractivity (Wildman–Crippen MR) is 36.3 cm³/mol. The molecule has 0 aromatic rings.